The average molecular weight is 469 g/mol. The number of thiazole rings is 1. The van der Waals surface area contributed by atoms with Crippen molar-refractivity contribution in [3.8, 4) is 0 Å². The van der Waals surface area contributed by atoms with Crippen LogP contribution >= 0.6 is 11.3 Å². The molecule has 0 aliphatic carbocycles. The van der Waals surface area contributed by atoms with Crippen molar-refractivity contribution in [3.05, 3.63) is 22.7 Å². The van der Waals surface area contributed by atoms with E-state index >= 15 is 0 Å². The number of fused-ring (bicyclic) bond motifs is 1. The molecular formula is C21H27F3N6OS. The molecule has 0 saturated carbocycles. The Morgan fingerprint density at radius 3 is 2.72 bits per heavy atom. The van der Waals surface area contributed by atoms with Crippen molar-refractivity contribution in [1.29, 1.82) is 0 Å². The summed E-state index contributed by atoms with van der Waals surface area (Å²) in [5.74, 6) is -0.480. The minimum Gasteiger partial charge on any atom is -0.382 e. The van der Waals surface area contributed by atoms with E-state index < -0.39 is 12.1 Å². The van der Waals surface area contributed by atoms with Crippen LogP contribution in [0.2, 0.25) is 0 Å². The molecule has 174 valence electrons. The highest BCUT2D eigenvalue weighted by molar-refractivity contribution is 7.15. The number of aryl methyl sites for hydroxylation is 2. The lowest BCUT2D eigenvalue weighted by molar-refractivity contribution is -0.176. The number of carbonyl (C=O) groups excluding carboxylic acids is 1. The van der Waals surface area contributed by atoms with Crippen LogP contribution in [-0.2, 0) is 0 Å². The fourth-order valence-corrected chi connectivity index (χ4v) is 4.82. The molecule has 0 radical (unpaired) electrons. The van der Waals surface area contributed by atoms with E-state index in [9.17, 15) is 18.0 Å². The van der Waals surface area contributed by atoms with E-state index in [1.807, 2.05) is 13.8 Å². The summed E-state index contributed by atoms with van der Waals surface area (Å²) in [4.78, 5) is 26.4. The Hall–Kier alpha value is -2.56. The van der Waals surface area contributed by atoms with Gasteiger partial charge in [-0.1, -0.05) is 0 Å². The van der Waals surface area contributed by atoms with E-state index in [4.69, 9.17) is 0 Å². The van der Waals surface area contributed by atoms with Crippen LogP contribution in [0.25, 0.3) is 0 Å². The molecule has 1 fully saturated rings. The maximum absolute atomic E-state index is 13.3. The predicted octanol–water partition coefficient (Wildman–Crippen LogP) is 5.18. The van der Waals surface area contributed by atoms with Gasteiger partial charge < -0.3 is 10.2 Å². The summed E-state index contributed by atoms with van der Waals surface area (Å²) in [5, 5.41) is 6.66. The van der Waals surface area contributed by atoms with Crippen LogP contribution in [0.3, 0.4) is 0 Å². The highest BCUT2D eigenvalue weighted by atomic mass is 32.1. The van der Waals surface area contributed by atoms with Crippen molar-refractivity contribution in [1.82, 2.24) is 9.97 Å². The second kappa shape index (κ2) is 9.13. The molecule has 1 saturated heterocycles. The van der Waals surface area contributed by atoms with Gasteiger partial charge in [-0.15, -0.1) is 11.3 Å². The first-order chi connectivity index (χ1) is 15.2. The molecule has 2 amide bonds. The summed E-state index contributed by atoms with van der Waals surface area (Å²) in [6, 6.07) is 3.19. The molecule has 2 aliphatic rings. The monoisotopic (exact) mass is 468 g/mol. The first-order valence-electron chi connectivity index (χ1n) is 10.8. The molecule has 32 heavy (non-hydrogen) atoms. The zero-order valence-electron chi connectivity index (χ0n) is 18.1. The van der Waals surface area contributed by atoms with Gasteiger partial charge in [-0.05, 0) is 51.7 Å². The Bertz CT molecular complexity index is 959. The molecule has 11 heteroatoms. The number of pyridine rings is 1. The van der Waals surface area contributed by atoms with Gasteiger partial charge in [0.2, 0.25) is 0 Å². The Kier molecular flexibility index (Phi) is 6.45. The van der Waals surface area contributed by atoms with Gasteiger partial charge in [0.25, 0.3) is 0 Å². The molecule has 2 N–H and O–H groups in total. The van der Waals surface area contributed by atoms with E-state index in [1.165, 1.54) is 11.3 Å². The highest BCUT2D eigenvalue weighted by Crippen LogP contribution is 2.36. The lowest BCUT2D eigenvalue weighted by atomic mass is 9.97. The molecule has 2 aromatic heterocycles. The van der Waals surface area contributed by atoms with E-state index in [0.29, 0.717) is 42.0 Å². The number of amides is 2. The van der Waals surface area contributed by atoms with Crippen molar-refractivity contribution in [3.63, 3.8) is 0 Å². The van der Waals surface area contributed by atoms with Crippen LogP contribution < -0.4 is 20.4 Å². The Morgan fingerprint density at radius 1 is 1.19 bits per heavy atom. The maximum atomic E-state index is 13.3. The number of hydrogen-bond acceptors (Lipinski definition) is 6. The van der Waals surface area contributed by atoms with Crippen LogP contribution in [0.5, 0.6) is 0 Å². The quantitative estimate of drug-likeness (QED) is 0.636. The van der Waals surface area contributed by atoms with Gasteiger partial charge in [-0.2, -0.15) is 13.2 Å². The van der Waals surface area contributed by atoms with Gasteiger partial charge >= 0.3 is 12.2 Å². The number of carbonyl (C=O) groups is 1. The van der Waals surface area contributed by atoms with Gasteiger partial charge in [-0.25, -0.2) is 14.8 Å². The van der Waals surface area contributed by atoms with Crippen LogP contribution in [0, 0.1) is 19.8 Å². The minimum absolute atomic E-state index is 0.118. The van der Waals surface area contributed by atoms with Gasteiger partial charge in [0.05, 0.1) is 17.3 Å². The molecule has 1 atom stereocenters. The summed E-state index contributed by atoms with van der Waals surface area (Å²) in [5.41, 5.74) is 1.56. The molecule has 2 aliphatic heterocycles. The maximum Gasteiger partial charge on any atom is 0.393 e. The molecule has 4 rings (SSSR count). The number of aromatic nitrogens is 2. The highest BCUT2D eigenvalue weighted by Gasteiger charge is 2.42. The smallest absolute Gasteiger partial charge is 0.382 e. The second-order valence-corrected chi connectivity index (χ2v) is 9.45. The van der Waals surface area contributed by atoms with Gasteiger partial charge in [0, 0.05) is 31.1 Å². The number of halogens is 3. The van der Waals surface area contributed by atoms with E-state index in [0.717, 1.165) is 30.0 Å². The SMILES string of the molecule is Cc1nc(NC(=O)N2CCCCNc3ccc(N4CCCC(C(F)(F)F)C4)nc32)sc1C. The molecular weight excluding hydrogens is 441 g/mol. The summed E-state index contributed by atoms with van der Waals surface area (Å²) in [6.07, 6.45) is -1.97. The lowest BCUT2D eigenvalue weighted by Crippen LogP contribution is -2.42. The number of nitrogens with zero attached hydrogens (tertiary/aromatic N) is 4. The molecule has 4 heterocycles. The number of piperidine rings is 1. The molecule has 7 nitrogen and oxygen atoms in total. The van der Waals surface area contributed by atoms with E-state index in [1.54, 1.807) is 21.9 Å². The Balaban J connectivity index is 1.61. The summed E-state index contributed by atoms with van der Waals surface area (Å²) in [6.45, 7) is 5.43. The topological polar surface area (TPSA) is 73.4 Å². The number of hydrogen-bond donors (Lipinski definition) is 2. The third-order valence-electron chi connectivity index (χ3n) is 5.94. The standard InChI is InChI=1S/C21H27F3N6OS/c1-13-14(2)32-19(26-13)28-20(31)30-11-4-3-9-25-16-7-8-17(27-18(16)30)29-10-5-6-15(12-29)21(22,23)24/h7-8,15,25H,3-6,9-12H2,1-2H3,(H,26,28,31). The van der Waals surface area contributed by atoms with E-state index in [2.05, 4.69) is 20.6 Å². The van der Waals surface area contributed by atoms with Crippen molar-refractivity contribution < 1.29 is 18.0 Å². The Morgan fingerprint density at radius 2 is 2.00 bits per heavy atom. The molecule has 1 unspecified atom stereocenters. The number of nitrogens with one attached hydrogen (secondary N) is 2. The zero-order valence-corrected chi connectivity index (χ0v) is 18.9. The van der Waals surface area contributed by atoms with Gasteiger partial charge in [0.15, 0.2) is 10.9 Å². The summed E-state index contributed by atoms with van der Waals surface area (Å²) in [7, 11) is 0. The zero-order chi connectivity index (χ0) is 22.9. The van der Waals surface area contributed by atoms with Crippen LogP contribution in [0.1, 0.15) is 36.3 Å². The van der Waals surface area contributed by atoms with Gasteiger partial charge in [-0.3, -0.25) is 10.2 Å². The lowest BCUT2D eigenvalue weighted by Gasteiger charge is -2.35. The van der Waals surface area contributed by atoms with Crippen molar-refractivity contribution in [2.24, 2.45) is 5.92 Å². The third kappa shape index (κ3) is 4.92. The van der Waals surface area contributed by atoms with Crippen molar-refractivity contribution >= 4 is 39.8 Å². The molecule has 0 bridgehead atoms. The Labute approximate surface area is 189 Å². The second-order valence-electron chi connectivity index (χ2n) is 8.24. The largest absolute Gasteiger partial charge is 0.393 e. The number of urea groups is 1. The molecule has 2 aromatic rings. The number of rotatable bonds is 2. The number of anilines is 4. The van der Waals surface area contributed by atoms with Crippen LogP contribution in [0.4, 0.5) is 40.4 Å². The first-order valence-corrected chi connectivity index (χ1v) is 11.6. The van der Waals surface area contributed by atoms with Crippen molar-refractivity contribution in [2.75, 3.05) is 46.6 Å². The summed E-state index contributed by atoms with van der Waals surface area (Å²) < 4.78 is 39.9. The first kappa shape index (κ1) is 22.6. The average Bonchev–Trinajstić information content (AvgIpc) is 3.04. The summed E-state index contributed by atoms with van der Waals surface area (Å²) >= 11 is 1.41. The van der Waals surface area contributed by atoms with Crippen LogP contribution in [-0.4, -0.2) is 48.4 Å². The van der Waals surface area contributed by atoms with Gasteiger partial charge in [0.1, 0.15) is 5.82 Å². The van der Waals surface area contributed by atoms with E-state index in [-0.39, 0.29) is 19.0 Å². The molecule has 0 aromatic carbocycles. The fraction of sp³-hybridized carbons (Fsp3) is 0.571. The fourth-order valence-electron chi connectivity index (χ4n) is 4.02. The third-order valence-corrected chi connectivity index (χ3v) is 6.92. The predicted molar refractivity (Wildman–Crippen MR) is 121 cm³/mol. The van der Waals surface area contributed by atoms with Crippen molar-refractivity contribution in [2.45, 2.75) is 45.7 Å². The minimum atomic E-state index is -4.22. The normalized spacial score (nSPS) is 19.6. The molecule has 0 spiro atoms. The number of alkyl halides is 3. The van der Waals surface area contributed by atoms with Crippen LogP contribution in [0.15, 0.2) is 12.1 Å².